The molecule has 0 saturated heterocycles. The third-order valence-corrected chi connectivity index (χ3v) is 6.17. The average Bonchev–Trinajstić information content (AvgIpc) is 3.05. The number of carbonyl (C=O) groups excluding carboxylic acids is 4. The Labute approximate surface area is 230 Å². The zero-order valence-electron chi connectivity index (χ0n) is 23.8. The van der Waals surface area contributed by atoms with Crippen molar-refractivity contribution < 1.29 is 28.7 Å². The van der Waals surface area contributed by atoms with Crippen molar-refractivity contribution in [1.82, 2.24) is 15.5 Å². The van der Waals surface area contributed by atoms with Gasteiger partial charge in [0.05, 0.1) is 11.1 Å². The molecule has 1 aliphatic rings. The number of hydrogen-bond donors (Lipinski definition) is 2. The van der Waals surface area contributed by atoms with Crippen LogP contribution in [0.3, 0.4) is 0 Å². The molecule has 4 amide bonds. The van der Waals surface area contributed by atoms with E-state index in [1.807, 2.05) is 31.2 Å². The van der Waals surface area contributed by atoms with Crippen LogP contribution in [-0.2, 0) is 22.4 Å². The Morgan fingerprint density at radius 3 is 1.82 bits per heavy atom. The van der Waals surface area contributed by atoms with Gasteiger partial charge in [0.1, 0.15) is 11.2 Å². The summed E-state index contributed by atoms with van der Waals surface area (Å²) >= 11 is 0. The van der Waals surface area contributed by atoms with Gasteiger partial charge in [0, 0.05) is 25.0 Å². The van der Waals surface area contributed by atoms with Crippen LogP contribution in [0.15, 0.2) is 48.5 Å². The summed E-state index contributed by atoms with van der Waals surface area (Å²) < 4.78 is 10.8. The Bertz CT molecular complexity index is 1190. The predicted octanol–water partition coefficient (Wildman–Crippen LogP) is 5.08. The first-order chi connectivity index (χ1) is 18.1. The van der Waals surface area contributed by atoms with Crippen LogP contribution in [0.5, 0.6) is 0 Å². The fraction of sp³-hybridized carbons (Fsp3) is 0.467. The molecule has 0 saturated carbocycles. The van der Waals surface area contributed by atoms with Crippen LogP contribution in [0.2, 0.25) is 0 Å². The maximum atomic E-state index is 13.1. The largest absolute Gasteiger partial charge is 0.444 e. The maximum absolute atomic E-state index is 13.1. The highest BCUT2D eigenvalue weighted by Gasteiger charge is 2.38. The van der Waals surface area contributed by atoms with Crippen LogP contribution in [0.4, 0.5) is 9.59 Å². The van der Waals surface area contributed by atoms with Crippen LogP contribution >= 0.6 is 0 Å². The van der Waals surface area contributed by atoms with Crippen molar-refractivity contribution in [3.63, 3.8) is 0 Å². The monoisotopic (exact) mass is 537 g/mol. The zero-order valence-corrected chi connectivity index (χ0v) is 23.8. The normalized spacial score (nSPS) is 14.9. The lowest BCUT2D eigenvalue weighted by Crippen LogP contribution is -2.47. The summed E-state index contributed by atoms with van der Waals surface area (Å²) in [7, 11) is 0. The highest BCUT2D eigenvalue weighted by Crippen LogP contribution is 2.26. The van der Waals surface area contributed by atoms with E-state index in [-0.39, 0.29) is 30.8 Å². The summed E-state index contributed by atoms with van der Waals surface area (Å²) in [6, 6.07) is 13.9. The summed E-state index contributed by atoms with van der Waals surface area (Å²) in [5, 5.41) is 5.66. The van der Waals surface area contributed by atoms with Gasteiger partial charge in [-0.3, -0.25) is 14.5 Å². The van der Waals surface area contributed by atoms with Crippen molar-refractivity contribution in [1.29, 1.82) is 0 Å². The predicted molar refractivity (Wildman–Crippen MR) is 147 cm³/mol. The maximum Gasteiger partial charge on any atom is 0.407 e. The van der Waals surface area contributed by atoms with Gasteiger partial charge < -0.3 is 20.1 Å². The van der Waals surface area contributed by atoms with Gasteiger partial charge in [-0.1, -0.05) is 36.4 Å². The Morgan fingerprint density at radius 2 is 1.28 bits per heavy atom. The molecule has 1 aliphatic heterocycles. The standard InChI is InChI=1S/C30H39N3O6/c1-19(32-28(37)39-30(5,6)7)22(18-33-25(34)23-14-10-11-15-24(23)26(33)35)16-20-12-8-9-13-21(20)17-31-27(36)38-29(2,3)4/h8-15,19,22H,16-18H2,1-7H3,(H,31,36)(H,32,37)/t19-,22+/m1/s1. The molecule has 2 atom stereocenters. The van der Waals surface area contributed by atoms with E-state index in [4.69, 9.17) is 9.47 Å². The zero-order chi connectivity index (χ0) is 29.0. The van der Waals surface area contributed by atoms with E-state index in [2.05, 4.69) is 10.6 Å². The van der Waals surface area contributed by atoms with Crippen molar-refractivity contribution >= 4 is 24.0 Å². The number of amides is 4. The molecule has 3 rings (SSSR count). The van der Waals surface area contributed by atoms with E-state index in [0.717, 1.165) is 11.1 Å². The van der Waals surface area contributed by atoms with Crippen LogP contribution in [0.1, 0.15) is 80.3 Å². The van der Waals surface area contributed by atoms with E-state index >= 15 is 0 Å². The van der Waals surface area contributed by atoms with Gasteiger partial charge >= 0.3 is 12.2 Å². The number of imide groups is 1. The minimum atomic E-state index is -0.679. The molecule has 0 fully saturated rings. The molecule has 210 valence electrons. The molecule has 39 heavy (non-hydrogen) atoms. The molecule has 0 aromatic heterocycles. The number of nitrogens with zero attached hydrogens (tertiary/aromatic N) is 1. The van der Waals surface area contributed by atoms with Crippen LogP contribution < -0.4 is 10.6 Å². The number of hydrogen-bond acceptors (Lipinski definition) is 6. The van der Waals surface area contributed by atoms with Gasteiger partial charge in [0.25, 0.3) is 11.8 Å². The molecule has 9 heteroatoms. The Hall–Kier alpha value is -3.88. The second-order valence-corrected chi connectivity index (χ2v) is 11.8. The molecule has 0 spiro atoms. The second-order valence-electron chi connectivity index (χ2n) is 11.8. The van der Waals surface area contributed by atoms with Crippen molar-refractivity contribution in [3.05, 3.63) is 70.8 Å². The van der Waals surface area contributed by atoms with E-state index < -0.39 is 29.4 Å². The first kappa shape index (κ1) is 29.7. The molecule has 2 aromatic carbocycles. The summed E-state index contributed by atoms with van der Waals surface area (Å²) in [6.45, 7) is 12.9. The van der Waals surface area contributed by atoms with Crippen molar-refractivity contribution in [2.45, 2.75) is 78.7 Å². The van der Waals surface area contributed by atoms with Crippen molar-refractivity contribution in [3.8, 4) is 0 Å². The summed E-state index contributed by atoms with van der Waals surface area (Å²) in [6.07, 6.45) is -0.682. The minimum Gasteiger partial charge on any atom is -0.444 e. The fourth-order valence-electron chi connectivity index (χ4n) is 4.34. The highest BCUT2D eigenvalue weighted by atomic mass is 16.6. The molecule has 1 heterocycles. The van der Waals surface area contributed by atoms with Gasteiger partial charge in [-0.05, 0) is 78.1 Å². The fourth-order valence-corrected chi connectivity index (χ4v) is 4.34. The molecule has 0 unspecified atom stereocenters. The third kappa shape index (κ3) is 8.30. The first-order valence-electron chi connectivity index (χ1n) is 13.1. The number of ether oxygens (including phenoxy) is 2. The molecular formula is C30H39N3O6. The third-order valence-electron chi connectivity index (χ3n) is 6.17. The summed E-state index contributed by atoms with van der Waals surface area (Å²) in [4.78, 5) is 52.3. The van der Waals surface area contributed by atoms with Crippen LogP contribution in [-0.4, -0.2) is 52.7 Å². The van der Waals surface area contributed by atoms with Crippen LogP contribution in [0.25, 0.3) is 0 Å². The minimum absolute atomic E-state index is 0.0944. The second kappa shape index (κ2) is 11.9. The van der Waals surface area contributed by atoms with Gasteiger partial charge in [0.15, 0.2) is 0 Å². The lowest BCUT2D eigenvalue weighted by molar-refractivity contribution is 0.0474. The lowest BCUT2D eigenvalue weighted by atomic mass is 9.90. The van der Waals surface area contributed by atoms with Gasteiger partial charge in [-0.25, -0.2) is 9.59 Å². The van der Waals surface area contributed by atoms with Gasteiger partial charge in [-0.2, -0.15) is 0 Å². The van der Waals surface area contributed by atoms with Gasteiger partial charge in [-0.15, -0.1) is 0 Å². The molecule has 0 aliphatic carbocycles. The number of benzene rings is 2. The average molecular weight is 538 g/mol. The molecule has 0 bridgehead atoms. The first-order valence-corrected chi connectivity index (χ1v) is 13.1. The lowest BCUT2D eigenvalue weighted by Gasteiger charge is -2.30. The summed E-state index contributed by atoms with van der Waals surface area (Å²) in [5.41, 5.74) is 1.21. The smallest absolute Gasteiger partial charge is 0.407 e. The Morgan fingerprint density at radius 1 is 0.795 bits per heavy atom. The highest BCUT2D eigenvalue weighted by molar-refractivity contribution is 6.21. The van der Waals surface area contributed by atoms with E-state index in [0.29, 0.717) is 17.5 Å². The Balaban J connectivity index is 1.83. The van der Waals surface area contributed by atoms with Crippen molar-refractivity contribution in [2.75, 3.05) is 6.54 Å². The van der Waals surface area contributed by atoms with Crippen molar-refractivity contribution in [2.24, 2.45) is 5.92 Å². The summed E-state index contributed by atoms with van der Waals surface area (Å²) in [5.74, 6) is -1.06. The molecular weight excluding hydrogens is 498 g/mol. The van der Waals surface area contributed by atoms with E-state index in [1.165, 1.54) is 4.90 Å². The topological polar surface area (TPSA) is 114 Å². The number of alkyl carbamates (subject to hydrolysis) is 2. The van der Waals surface area contributed by atoms with E-state index in [9.17, 15) is 19.2 Å². The molecule has 9 nitrogen and oxygen atoms in total. The number of nitrogens with one attached hydrogen (secondary N) is 2. The molecule has 2 N–H and O–H groups in total. The SMILES string of the molecule is C[C@@H](NC(=O)OC(C)(C)C)[C@@H](Cc1ccccc1CNC(=O)OC(C)(C)C)CN1C(=O)c2ccccc2C1=O. The Kier molecular flexibility index (Phi) is 9.04. The number of fused-ring (bicyclic) bond motifs is 1. The van der Waals surface area contributed by atoms with Gasteiger partial charge in [0.2, 0.25) is 0 Å². The quantitative estimate of drug-likeness (QED) is 0.454. The number of carbonyl (C=O) groups is 4. The molecule has 0 radical (unpaired) electrons. The molecule has 2 aromatic rings. The van der Waals surface area contributed by atoms with E-state index in [1.54, 1.807) is 65.8 Å². The number of rotatable bonds is 8. The van der Waals surface area contributed by atoms with Crippen LogP contribution in [0, 0.1) is 5.92 Å².